The van der Waals surface area contributed by atoms with E-state index in [1.165, 1.54) is 31.4 Å². The SMILES string of the molecule is COc1ccc(C(=O)CCC(=O)Nc2ccc(NC(=O)C(F)(F)F)cc2)cc1. The number of nitrogens with one attached hydrogen (secondary N) is 2. The lowest BCUT2D eigenvalue weighted by Gasteiger charge is -2.09. The van der Waals surface area contributed by atoms with Gasteiger partial charge in [-0.05, 0) is 48.5 Å². The van der Waals surface area contributed by atoms with Gasteiger partial charge >= 0.3 is 12.1 Å². The van der Waals surface area contributed by atoms with E-state index in [1.807, 2.05) is 0 Å². The Morgan fingerprint density at radius 2 is 1.39 bits per heavy atom. The largest absolute Gasteiger partial charge is 0.497 e. The standard InChI is InChI=1S/C19H17F3N2O4/c1-28-15-8-2-12(3-9-15)16(25)10-11-17(26)23-13-4-6-14(7-5-13)24-18(27)19(20,21)22/h2-9H,10-11H2,1H3,(H,23,26)(H,24,27). The molecule has 2 amide bonds. The number of anilines is 2. The van der Waals surface area contributed by atoms with Crippen LogP contribution in [0.15, 0.2) is 48.5 Å². The molecule has 9 heteroatoms. The molecule has 2 aromatic rings. The molecule has 0 saturated carbocycles. The van der Waals surface area contributed by atoms with Crippen molar-refractivity contribution in [2.24, 2.45) is 0 Å². The Morgan fingerprint density at radius 3 is 1.89 bits per heavy atom. The summed E-state index contributed by atoms with van der Waals surface area (Å²) in [4.78, 5) is 34.9. The number of hydrogen-bond donors (Lipinski definition) is 2. The average Bonchev–Trinajstić information content (AvgIpc) is 2.67. The molecule has 2 aromatic carbocycles. The molecule has 0 unspecified atom stereocenters. The van der Waals surface area contributed by atoms with Crippen molar-refractivity contribution in [1.82, 2.24) is 0 Å². The van der Waals surface area contributed by atoms with E-state index >= 15 is 0 Å². The number of halogens is 3. The van der Waals surface area contributed by atoms with E-state index in [0.29, 0.717) is 17.0 Å². The Bertz CT molecular complexity index is 847. The number of amides is 2. The number of ketones is 1. The number of hydrogen-bond acceptors (Lipinski definition) is 4. The van der Waals surface area contributed by atoms with Gasteiger partial charge in [0.2, 0.25) is 5.91 Å². The highest BCUT2D eigenvalue weighted by Gasteiger charge is 2.38. The van der Waals surface area contributed by atoms with Gasteiger partial charge < -0.3 is 15.4 Å². The molecule has 0 aliphatic heterocycles. The Hall–Kier alpha value is -3.36. The van der Waals surface area contributed by atoms with Crippen LogP contribution in [0.4, 0.5) is 24.5 Å². The molecule has 0 spiro atoms. The summed E-state index contributed by atoms with van der Waals surface area (Å²) in [6, 6.07) is 11.6. The number of ether oxygens (including phenoxy) is 1. The molecule has 2 N–H and O–H groups in total. The van der Waals surface area contributed by atoms with Crippen LogP contribution in [0.2, 0.25) is 0 Å². The predicted octanol–water partition coefficient (Wildman–Crippen LogP) is 3.80. The number of methoxy groups -OCH3 is 1. The molecule has 28 heavy (non-hydrogen) atoms. The van der Waals surface area contributed by atoms with Crippen LogP contribution in [0.3, 0.4) is 0 Å². The third-order valence-electron chi connectivity index (χ3n) is 3.68. The molecule has 148 valence electrons. The normalized spacial score (nSPS) is 10.9. The van der Waals surface area contributed by atoms with E-state index in [1.54, 1.807) is 29.6 Å². The van der Waals surface area contributed by atoms with Crippen molar-refractivity contribution < 1.29 is 32.3 Å². The zero-order chi connectivity index (χ0) is 20.7. The second kappa shape index (κ2) is 9.03. The first kappa shape index (κ1) is 20.9. The van der Waals surface area contributed by atoms with E-state index < -0.39 is 18.0 Å². The predicted molar refractivity (Wildman–Crippen MR) is 96.3 cm³/mol. The summed E-state index contributed by atoms with van der Waals surface area (Å²) in [6.07, 6.45) is -5.04. The van der Waals surface area contributed by atoms with E-state index in [2.05, 4.69) is 5.32 Å². The van der Waals surface area contributed by atoms with Gasteiger partial charge in [0.25, 0.3) is 0 Å². The number of alkyl halides is 3. The van der Waals surface area contributed by atoms with Crippen LogP contribution in [-0.2, 0) is 9.59 Å². The molecule has 0 aliphatic rings. The van der Waals surface area contributed by atoms with Crippen LogP contribution in [0.1, 0.15) is 23.2 Å². The molecule has 0 aromatic heterocycles. The number of Topliss-reactive ketones (excluding diaryl/α,β-unsaturated/α-hetero) is 1. The lowest BCUT2D eigenvalue weighted by molar-refractivity contribution is -0.167. The van der Waals surface area contributed by atoms with Crippen LogP contribution in [0.5, 0.6) is 5.75 Å². The first-order valence-electron chi connectivity index (χ1n) is 8.14. The molecule has 6 nitrogen and oxygen atoms in total. The van der Waals surface area contributed by atoms with Gasteiger partial charge in [-0.15, -0.1) is 0 Å². The first-order chi connectivity index (χ1) is 13.2. The van der Waals surface area contributed by atoms with E-state index in [-0.39, 0.29) is 24.3 Å². The van der Waals surface area contributed by atoms with Gasteiger partial charge in [-0.3, -0.25) is 14.4 Å². The third kappa shape index (κ3) is 6.11. The number of benzene rings is 2. The fourth-order valence-corrected chi connectivity index (χ4v) is 2.21. The van der Waals surface area contributed by atoms with Crippen molar-refractivity contribution in [3.63, 3.8) is 0 Å². The zero-order valence-electron chi connectivity index (χ0n) is 14.8. The second-order valence-electron chi connectivity index (χ2n) is 5.73. The summed E-state index contributed by atoms with van der Waals surface area (Å²) in [7, 11) is 1.51. The van der Waals surface area contributed by atoms with Gasteiger partial charge in [0.1, 0.15) is 5.75 Å². The van der Waals surface area contributed by atoms with Crippen molar-refractivity contribution in [1.29, 1.82) is 0 Å². The molecule has 0 fully saturated rings. The van der Waals surface area contributed by atoms with Crippen molar-refractivity contribution >= 4 is 29.0 Å². The highest BCUT2D eigenvalue weighted by molar-refractivity contribution is 6.00. The maximum Gasteiger partial charge on any atom is 0.471 e. The fraction of sp³-hybridized carbons (Fsp3) is 0.211. The highest BCUT2D eigenvalue weighted by Crippen LogP contribution is 2.20. The number of carbonyl (C=O) groups excluding carboxylic acids is 3. The Kier molecular flexibility index (Phi) is 6.75. The summed E-state index contributed by atoms with van der Waals surface area (Å²) >= 11 is 0. The van der Waals surface area contributed by atoms with Gasteiger partial charge in [0.15, 0.2) is 5.78 Å². The quantitative estimate of drug-likeness (QED) is 0.700. The maximum atomic E-state index is 12.2. The molecule has 0 radical (unpaired) electrons. The van der Waals surface area contributed by atoms with Crippen molar-refractivity contribution in [3.05, 3.63) is 54.1 Å². The Balaban J connectivity index is 1.83. The molecule has 0 saturated heterocycles. The molecule has 2 rings (SSSR count). The van der Waals surface area contributed by atoms with Crippen molar-refractivity contribution in [2.45, 2.75) is 19.0 Å². The first-order valence-corrected chi connectivity index (χ1v) is 8.14. The van der Waals surface area contributed by atoms with E-state index in [0.717, 1.165) is 0 Å². The average molecular weight is 394 g/mol. The van der Waals surface area contributed by atoms with Crippen molar-refractivity contribution in [3.8, 4) is 5.75 Å². The lowest BCUT2D eigenvalue weighted by Crippen LogP contribution is -2.29. The number of carbonyl (C=O) groups is 3. The van der Waals surface area contributed by atoms with Gasteiger partial charge in [0, 0.05) is 29.8 Å². The smallest absolute Gasteiger partial charge is 0.471 e. The maximum absolute atomic E-state index is 12.2. The third-order valence-corrected chi connectivity index (χ3v) is 3.68. The summed E-state index contributed by atoms with van der Waals surface area (Å²) < 4.78 is 41.6. The van der Waals surface area contributed by atoms with Crippen LogP contribution in [-0.4, -0.2) is 30.9 Å². The van der Waals surface area contributed by atoms with Crippen molar-refractivity contribution in [2.75, 3.05) is 17.7 Å². The van der Waals surface area contributed by atoms with Crippen LogP contribution in [0.25, 0.3) is 0 Å². The minimum absolute atomic E-state index is 0.00210. The van der Waals surface area contributed by atoms with Gasteiger partial charge in [-0.25, -0.2) is 0 Å². The van der Waals surface area contributed by atoms with E-state index in [4.69, 9.17) is 4.74 Å². The minimum atomic E-state index is -4.98. The summed E-state index contributed by atoms with van der Waals surface area (Å²) in [6.45, 7) is 0. The summed E-state index contributed by atoms with van der Waals surface area (Å²) in [5.41, 5.74) is 0.722. The Labute approximate surface area is 158 Å². The van der Waals surface area contributed by atoms with Gasteiger partial charge in [-0.1, -0.05) is 0 Å². The summed E-state index contributed by atoms with van der Waals surface area (Å²) in [5.74, 6) is -2.09. The number of rotatable bonds is 7. The van der Waals surface area contributed by atoms with E-state index in [9.17, 15) is 27.6 Å². The van der Waals surface area contributed by atoms with Gasteiger partial charge in [0.05, 0.1) is 7.11 Å². The summed E-state index contributed by atoms with van der Waals surface area (Å²) in [5, 5.41) is 4.23. The van der Waals surface area contributed by atoms with Gasteiger partial charge in [-0.2, -0.15) is 13.2 Å². The second-order valence-corrected chi connectivity index (χ2v) is 5.73. The molecule has 0 bridgehead atoms. The topological polar surface area (TPSA) is 84.5 Å². The lowest BCUT2D eigenvalue weighted by atomic mass is 10.1. The molecule has 0 heterocycles. The zero-order valence-corrected chi connectivity index (χ0v) is 14.8. The molecule has 0 aliphatic carbocycles. The monoisotopic (exact) mass is 394 g/mol. The minimum Gasteiger partial charge on any atom is -0.497 e. The highest BCUT2D eigenvalue weighted by atomic mass is 19.4. The molecular formula is C19H17F3N2O4. The van der Waals surface area contributed by atoms with Crippen LogP contribution < -0.4 is 15.4 Å². The molecular weight excluding hydrogens is 377 g/mol. The van der Waals surface area contributed by atoms with Crippen LogP contribution in [0, 0.1) is 0 Å². The fourth-order valence-electron chi connectivity index (χ4n) is 2.21. The van der Waals surface area contributed by atoms with Crippen LogP contribution >= 0.6 is 0 Å². The Morgan fingerprint density at radius 1 is 0.857 bits per heavy atom. The molecule has 0 atom stereocenters.